The predicted molar refractivity (Wildman–Crippen MR) is 108 cm³/mol. The van der Waals surface area contributed by atoms with E-state index in [9.17, 15) is 13.2 Å². The number of carbonyl (C=O) groups excluding carboxylic acids is 1. The molecule has 2 rings (SSSR count). The number of hydrogen-bond donors (Lipinski definition) is 2. The fourth-order valence-electron chi connectivity index (χ4n) is 2.41. The Balaban J connectivity index is 1.94. The average Bonchev–Trinajstić information content (AvgIpc) is 2.66. The van der Waals surface area contributed by atoms with Crippen LogP contribution in [-0.2, 0) is 19.6 Å². The summed E-state index contributed by atoms with van der Waals surface area (Å²) in [6, 6.07) is 11.5. The molecule has 2 N–H and O–H groups in total. The summed E-state index contributed by atoms with van der Waals surface area (Å²) in [6.45, 7) is 4.69. The van der Waals surface area contributed by atoms with Crippen molar-refractivity contribution in [2.75, 3.05) is 31.6 Å². The summed E-state index contributed by atoms with van der Waals surface area (Å²) in [5.41, 5.74) is 2.35. The van der Waals surface area contributed by atoms with E-state index in [1.807, 2.05) is 26.0 Å². The van der Waals surface area contributed by atoms with Gasteiger partial charge in [-0.25, -0.2) is 8.42 Å². The minimum absolute atomic E-state index is 0.116. The lowest BCUT2D eigenvalue weighted by molar-refractivity contribution is -0.123. The summed E-state index contributed by atoms with van der Waals surface area (Å²) in [5, 5.41) is 2.71. The van der Waals surface area contributed by atoms with Gasteiger partial charge in [-0.05, 0) is 61.7 Å². The second-order valence-corrected chi connectivity index (χ2v) is 8.06. The van der Waals surface area contributed by atoms with Gasteiger partial charge in [0.05, 0.1) is 10.6 Å². The zero-order chi connectivity index (χ0) is 20.6. The first-order chi connectivity index (χ1) is 13.3. The van der Waals surface area contributed by atoms with Crippen LogP contribution in [0, 0.1) is 13.8 Å². The lowest BCUT2D eigenvalue weighted by atomic mass is 10.1. The van der Waals surface area contributed by atoms with E-state index in [-0.39, 0.29) is 17.4 Å². The van der Waals surface area contributed by atoms with E-state index in [0.29, 0.717) is 24.6 Å². The Labute approximate surface area is 166 Å². The molecule has 0 aliphatic carbocycles. The SMILES string of the molecule is COCCCNC(=O)COc1ccc(S(=O)(=O)Nc2cc(C)ccc2C)cc1. The molecule has 8 heteroatoms. The van der Waals surface area contributed by atoms with Crippen molar-refractivity contribution in [3.8, 4) is 5.75 Å². The zero-order valence-electron chi connectivity index (χ0n) is 16.3. The van der Waals surface area contributed by atoms with Gasteiger partial charge in [-0.15, -0.1) is 0 Å². The molecule has 0 spiro atoms. The molecule has 1 amide bonds. The van der Waals surface area contributed by atoms with E-state index in [1.54, 1.807) is 13.2 Å². The number of hydrogen-bond acceptors (Lipinski definition) is 5. The van der Waals surface area contributed by atoms with Crippen LogP contribution in [0.5, 0.6) is 5.75 Å². The van der Waals surface area contributed by atoms with Gasteiger partial charge < -0.3 is 14.8 Å². The molecule has 0 fully saturated rings. The van der Waals surface area contributed by atoms with Gasteiger partial charge in [-0.2, -0.15) is 0 Å². The third-order valence-corrected chi connectivity index (χ3v) is 5.37. The number of carbonyl (C=O) groups is 1. The largest absolute Gasteiger partial charge is 0.484 e. The van der Waals surface area contributed by atoms with Crippen molar-refractivity contribution in [3.63, 3.8) is 0 Å². The lowest BCUT2D eigenvalue weighted by Crippen LogP contribution is -2.30. The minimum atomic E-state index is -3.71. The predicted octanol–water partition coefficient (Wildman–Crippen LogP) is 2.64. The van der Waals surface area contributed by atoms with E-state index in [4.69, 9.17) is 9.47 Å². The Bertz CT molecular complexity index is 895. The summed E-state index contributed by atoms with van der Waals surface area (Å²) < 4.78 is 38.1. The van der Waals surface area contributed by atoms with Crippen molar-refractivity contribution in [1.82, 2.24) is 5.32 Å². The number of rotatable bonds is 10. The molecule has 0 atom stereocenters. The number of ether oxygens (including phenoxy) is 2. The second kappa shape index (κ2) is 10.1. The highest BCUT2D eigenvalue weighted by atomic mass is 32.2. The summed E-state index contributed by atoms with van der Waals surface area (Å²) >= 11 is 0. The molecule has 0 aromatic heterocycles. The average molecular weight is 407 g/mol. The van der Waals surface area contributed by atoms with E-state index >= 15 is 0 Å². The van der Waals surface area contributed by atoms with Gasteiger partial charge in [0.1, 0.15) is 5.75 Å². The normalized spacial score (nSPS) is 11.1. The molecule has 0 saturated heterocycles. The first-order valence-corrected chi connectivity index (χ1v) is 10.4. The van der Waals surface area contributed by atoms with Crippen molar-refractivity contribution >= 4 is 21.6 Å². The quantitative estimate of drug-likeness (QED) is 0.592. The highest BCUT2D eigenvalue weighted by Gasteiger charge is 2.15. The van der Waals surface area contributed by atoms with Crippen molar-refractivity contribution in [1.29, 1.82) is 0 Å². The number of nitrogens with one attached hydrogen (secondary N) is 2. The monoisotopic (exact) mass is 406 g/mol. The van der Waals surface area contributed by atoms with Crippen LogP contribution in [0.2, 0.25) is 0 Å². The molecule has 0 aliphatic heterocycles. The highest BCUT2D eigenvalue weighted by molar-refractivity contribution is 7.92. The van der Waals surface area contributed by atoms with Crippen LogP contribution in [0.4, 0.5) is 5.69 Å². The van der Waals surface area contributed by atoms with E-state index in [2.05, 4.69) is 10.0 Å². The van der Waals surface area contributed by atoms with Crippen molar-refractivity contribution < 1.29 is 22.7 Å². The van der Waals surface area contributed by atoms with Gasteiger partial charge in [0, 0.05) is 20.3 Å². The maximum absolute atomic E-state index is 12.6. The van der Waals surface area contributed by atoms with Gasteiger partial charge in [0.25, 0.3) is 15.9 Å². The molecule has 2 aromatic carbocycles. The summed E-state index contributed by atoms with van der Waals surface area (Å²) in [5.74, 6) is 0.169. The summed E-state index contributed by atoms with van der Waals surface area (Å²) in [7, 11) is -2.11. The molecular formula is C20H26N2O5S. The molecule has 0 bridgehead atoms. The van der Waals surface area contributed by atoms with Crippen LogP contribution in [0.1, 0.15) is 17.5 Å². The van der Waals surface area contributed by atoms with E-state index in [0.717, 1.165) is 17.5 Å². The van der Waals surface area contributed by atoms with E-state index in [1.165, 1.54) is 24.3 Å². The number of aryl methyl sites for hydroxylation is 2. The van der Waals surface area contributed by atoms with Crippen LogP contribution in [-0.4, -0.2) is 41.2 Å². The Hall–Kier alpha value is -2.58. The lowest BCUT2D eigenvalue weighted by Gasteiger charge is -2.12. The Morgan fingerprint density at radius 1 is 1.07 bits per heavy atom. The van der Waals surface area contributed by atoms with Crippen molar-refractivity contribution in [2.24, 2.45) is 0 Å². The maximum Gasteiger partial charge on any atom is 0.261 e. The first-order valence-electron chi connectivity index (χ1n) is 8.90. The summed E-state index contributed by atoms with van der Waals surface area (Å²) in [4.78, 5) is 11.8. The number of amides is 1. The third kappa shape index (κ3) is 6.54. The van der Waals surface area contributed by atoms with Crippen LogP contribution in [0.25, 0.3) is 0 Å². The number of sulfonamides is 1. The Kier molecular flexibility index (Phi) is 7.83. The third-order valence-electron chi connectivity index (χ3n) is 3.99. The smallest absolute Gasteiger partial charge is 0.261 e. The molecular weight excluding hydrogens is 380 g/mol. The number of anilines is 1. The molecule has 0 unspecified atom stereocenters. The van der Waals surface area contributed by atoms with Crippen LogP contribution < -0.4 is 14.8 Å². The van der Waals surface area contributed by atoms with Crippen molar-refractivity contribution in [2.45, 2.75) is 25.2 Å². The van der Waals surface area contributed by atoms with Gasteiger partial charge in [-0.1, -0.05) is 12.1 Å². The molecule has 2 aromatic rings. The van der Waals surface area contributed by atoms with Crippen molar-refractivity contribution in [3.05, 3.63) is 53.6 Å². The second-order valence-electron chi connectivity index (χ2n) is 6.38. The number of methoxy groups -OCH3 is 1. The minimum Gasteiger partial charge on any atom is -0.484 e. The highest BCUT2D eigenvalue weighted by Crippen LogP contribution is 2.22. The van der Waals surface area contributed by atoms with Gasteiger partial charge in [-0.3, -0.25) is 9.52 Å². The van der Waals surface area contributed by atoms with Gasteiger partial charge in [0.15, 0.2) is 6.61 Å². The Morgan fingerprint density at radius 3 is 2.46 bits per heavy atom. The number of benzene rings is 2. The topological polar surface area (TPSA) is 93.7 Å². The van der Waals surface area contributed by atoms with Gasteiger partial charge in [0.2, 0.25) is 0 Å². The molecule has 0 heterocycles. The van der Waals surface area contributed by atoms with Crippen LogP contribution in [0.15, 0.2) is 47.4 Å². The van der Waals surface area contributed by atoms with E-state index < -0.39 is 10.0 Å². The van der Waals surface area contributed by atoms with Gasteiger partial charge >= 0.3 is 0 Å². The molecule has 152 valence electrons. The first kappa shape index (κ1) is 21.7. The standard InChI is InChI=1S/C20H26N2O5S/c1-15-5-6-16(2)19(13-15)22-28(24,25)18-9-7-17(8-10-18)27-14-20(23)21-11-4-12-26-3/h5-10,13,22H,4,11-12,14H2,1-3H3,(H,21,23). The molecule has 0 saturated carbocycles. The zero-order valence-corrected chi connectivity index (χ0v) is 17.1. The molecule has 0 radical (unpaired) electrons. The van der Waals surface area contributed by atoms with Crippen LogP contribution in [0.3, 0.4) is 0 Å². The fraction of sp³-hybridized carbons (Fsp3) is 0.350. The molecule has 0 aliphatic rings. The Morgan fingerprint density at radius 2 is 1.79 bits per heavy atom. The summed E-state index contributed by atoms with van der Waals surface area (Å²) in [6.07, 6.45) is 0.724. The maximum atomic E-state index is 12.6. The fourth-order valence-corrected chi connectivity index (χ4v) is 3.53. The molecule has 28 heavy (non-hydrogen) atoms. The van der Waals surface area contributed by atoms with Crippen LogP contribution >= 0.6 is 0 Å². The molecule has 7 nitrogen and oxygen atoms in total.